The standard InChI is InChI=1S/C20H20N4O2/c1-3-15-11-19(23-20(22-15)16-6-4-5-9-21-16)24(2)12-14-7-8-17-18(10-14)26-13-25-17/h4-11H,3,12-13H2,1-2H3. The third-order valence-corrected chi connectivity index (χ3v) is 4.27. The lowest BCUT2D eigenvalue weighted by atomic mass is 10.2. The van der Waals surface area contributed by atoms with E-state index in [1.165, 1.54) is 0 Å². The highest BCUT2D eigenvalue weighted by Gasteiger charge is 2.15. The van der Waals surface area contributed by atoms with Crippen LogP contribution in [-0.2, 0) is 13.0 Å². The van der Waals surface area contributed by atoms with Gasteiger partial charge in [-0.1, -0.05) is 19.1 Å². The van der Waals surface area contributed by atoms with Gasteiger partial charge < -0.3 is 14.4 Å². The minimum absolute atomic E-state index is 0.286. The second-order valence-electron chi connectivity index (χ2n) is 6.15. The summed E-state index contributed by atoms with van der Waals surface area (Å²) in [5.41, 5.74) is 2.90. The maximum absolute atomic E-state index is 5.47. The van der Waals surface area contributed by atoms with Gasteiger partial charge in [0.05, 0.1) is 0 Å². The second kappa shape index (κ2) is 7.00. The van der Waals surface area contributed by atoms with Crippen molar-refractivity contribution in [2.75, 3.05) is 18.7 Å². The maximum Gasteiger partial charge on any atom is 0.231 e. The topological polar surface area (TPSA) is 60.4 Å². The van der Waals surface area contributed by atoms with Crippen molar-refractivity contribution < 1.29 is 9.47 Å². The van der Waals surface area contributed by atoms with E-state index in [4.69, 9.17) is 14.5 Å². The van der Waals surface area contributed by atoms with Crippen LogP contribution in [0.4, 0.5) is 5.82 Å². The number of pyridine rings is 1. The van der Waals surface area contributed by atoms with Gasteiger partial charge >= 0.3 is 0 Å². The molecule has 26 heavy (non-hydrogen) atoms. The Hall–Kier alpha value is -3.15. The Bertz CT molecular complexity index is 915. The lowest BCUT2D eigenvalue weighted by Crippen LogP contribution is -2.18. The lowest BCUT2D eigenvalue weighted by molar-refractivity contribution is 0.174. The molecule has 0 unspecified atom stereocenters. The highest BCUT2D eigenvalue weighted by Crippen LogP contribution is 2.33. The van der Waals surface area contributed by atoms with Crippen molar-refractivity contribution in [3.05, 3.63) is 59.9 Å². The first-order valence-corrected chi connectivity index (χ1v) is 8.62. The van der Waals surface area contributed by atoms with Crippen molar-refractivity contribution in [1.29, 1.82) is 0 Å². The summed E-state index contributed by atoms with van der Waals surface area (Å²) >= 11 is 0. The van der Waals surface area contributed by atoms with Crippen LogP contribution >= 0.6 is 0 Å². The SMILES string of the molecule is CCc1cc(N(C)Cc2ccc3c(c2)OCO3)nc(-c2ccccn2)n1. The Kier molecular flexibility index (Phi) is 4.39. The van der Waals surface area contributed by atoms with Crippen LogP contribution in [0.3, 0.4) is 0 Å². The first kappa shape index (κ1) is 16.3. The molecule has 0 amide bonds. The first-order valence-electron chi connectivity index (χ1n) is 8.62. The van der Waals surface area contributed by atoms with E-state index in [0.717, 1.165) is 40.7 Å². The van der Waals surface area contributed by atoms with Crippen molar-refractivity contribution in [2.45, 2.75) is 19.9 Å². The Balaban J connectivity index is 1.62. The van der Waals surface area contributed by atoms with Gasteiger partial charge in [-0.2, -0.15) is 0 Å². The molecule has 3 aromatic rings. The van der Waals surface area contributed by atoms with E-state index in [1.807, 2.05) is 49.5 Å². The molecule has 0 atom stereocenters. The molecule has 1 aromatic carbocycles. The number of fused-ring (bicyclic) bond motifs is 1. The number of nitrogens with zero attached hydrogens (tertiary/aromatic N) is 4. The first-order chi connectivity index (χ1) is 12.7. The normalized spacial score (nSPS) is 12.2. The minimum atomic E-state index is 0.286. The van der Waals surface area contributed by atoms with E-state index in [-0.39, 0.29) is 6.79 Å². The van der Waals surface area contributed by atoms with Crippen molar-refractivity contribution in [3.63, 3.8) is 0 Å². The summed E-state index contributed by atoms with van der Waals surface area (Å²) in [6.07, 6.45) is 2.60. The number of hydrogen-bond acceptors (Lipinski definition) is 6. The summed E-state index contributed by atoms with van der Waals surface area (Å²) in [6, 6.07) is 13.8. The van der Waals surface area contributed by atoms with Crippen LogP contribution in [0.25, 0.3) is 11.5 Å². The smallest absolute Gasteiger partial charge is 0.231 e. The molecule has 6 heteroatoms. The fraction of sp³-hybridized carbons (Fsp3) is 0.250. The van der Waals surface area contributed by atoms with Crippen molar-refractivity contribution in [2.24, 2.45) is 0 Å². The summed E-state index contributed by atoms with van der Waals surface area (Å²) in [7, 11) is 2.02. The molecule has 0 fully saturated rings. The van der Waals surface area contributed by atoms with Gasteiger partial charge in [-0.05, 0) is 36.2 Å². The average molecular weight is 348 g/mol. The monoisotopic (exact) mass is 348 g/mol. The number of rotatable bonds is 5. The van der Waals surface area contributed by atoms with E-state index < -0.39 is 0 Å². The van der Waals surface area contributed by atoms with Gasteiger partial charge in [0.15, 0.2) is 17.3 Å². The Morgan fingerprint density at radius 2 is 1.92 bits per heavy atom. The van der Waals surface area contributed by atoms with Crippen LogP contribution in [0.2, 0.25) is 0 Å². The highest BCUT2D eigenvalue weighted by atomic mass is 16.7. The average Bonchev–Trinajstić information content (AvgIpc) is 3.16. The van der Waals surface area contributed by atoms with Crippen LogP contribution in [-0.4, -0.2) is 28.8 Å². The molecule has 0 radical (unpaired) electrons. The second-order valence-corrected chi connectivity index (χ2v) is 6.15. The molecule has 0 spiro atoms. The van der Waals surface area contributed by atoms with Crippen LogP contribution < -0.4 is 14.4 Å². The van der Waals surface area contributed by atoms with Gasteiger partial charge in [0.1, 0.15) is 11.5 Å². The predicted octanol–water partition coefficient (Wildman–Crippen LogP) is 3.47. The molecular formula is C20H20N4O2. The number of hydrogen-bond donors (Lipinski definition) is 0. The Labute approximate surface area is 152 Å². The molecule has 0 saturated heterocycles. The zero-order valence-electron chi connectivity index (χ0n) is 14.8. The van der Waals surface area contributed by atoms with Gasteiger partial charge in [-0.3, -0.25) is 4.98 Å². The third-order valence-electron chi connectivity index (χ3n) is 4.27. The largest absolute Gasteiger partial charge is 0.454 e. The molecule has 6 nitrogen and oxygen atoms in total. The number of anilines is 1. The molecule has 2 aromatic heterocycles. The molecule has 1 aliphatic heterocycles. The van der Waals surface area contributed by atoms with Crippen molar-refractivity contribution in [3.8, 4) is 23.0 Å². The number of aryl methyl sites for hydroxylation is 1. The van der Waals surface area contributed by atoms with Crippen LogP contribution in [0, 0.1) is 0 Å². The Morgan fingerprint density at radius 3 is 2.73 bits per heavy atom. The van der Waals surface area contributed by atoms with Crippen LogP contribution in [0.15, 0.2) is 48.7 Å². The Morgan fingerprint density at radius 1 is 1.04 bits per heavy atom. The summed E-state index contributed by atoms with van der Waals surface area (Å²) in [5, 5.41) is 0. The summed E-state index contributed by atoms with van der Waals surface area (Å²) in [4.78, 5) is 15.8. The molecule has 0 N–H and O–H groups in total. The van der Waals surface area contributed by atoms with Gasteiger partial charge in [0, 0.05) is 31.5 Å². The zero-order valence-corrected chi connectivity index (χ0v) is 14.8. The molecule has 0 bridgehead atoms. The summed E-state index contributed by atoms with van der Waals surface area (Å²) in [6.45, 7) is 3.08. The highest BCUT2D eigenvalue weighted by molar-refractivity contribution is 5.54. The fourth-order valence-corrected chi connectivity index (χ4v) is 2.86. The van der Waals surface area contributed by atoms with E-state index >= 15 is 0 Å². The minimum Gasteiger partial charge on any atom is -0.454 e. The zero-order chi connectivity index (χ0) is 17.9. The lowest BCUT2D eigenvalue weighted by Gasteiger charge is -2.19. The van der Waals surface area contributed by atoms with Crippen LogP contribution in [0.5, 0.6) is 11.5 Å². The van der Waals surface area contributed by atoms with Crippen LogP contribution in [0.1, 0.15) is 18.2 Å². The van der Waals surface area contributed by atoms with Gasteiger partial charge in [-0.15, -0.1) is 0 Å². The molecule has 1 aliphatic rings. The molecule has 132 valence electrons. The van der Waals surface area contributed by atoms with Gasteiger partial charge in [0.25, 0.3) is 0 Å². The van der Waals surface area contributed by atoms with Crippen molar-refractivity contribution >= 4 is 5.82 Å². The molecule has 4 rings (SSSR count). The quantitative estimate of drug-likeness (QED) is 0.704. The van der Waals surface area contributed by atoms with Gasteiger partial charge in [-0.25, -0.2) is 9.97 Å². The van der Waals surface area contributed by atoms with E-state index in [2.05, 4.69) is 21.8 Å². The van der Waals surface area contributed by atoms with Gasteiger partial charge in [0.2, 0.25) is 6.79 Å². The third kappa shape index (κ3) is 3.31. The van der Waals surface area contributed by atoms with Crippen molar-refractivity contribution in [1.82, 2.24) is 15.0 Å². The fourth-order valence-electron chi connectivity index (χ4n) is 2.86. The number of aromatic nitrogens is 3. The summed E-state index contributed by atoms with van der Waals surface area (Å²) in [5.74, 6) is 3.11. The molecule has 0 aliphatic carbocycles. The number of ether oxygens (including phenoxy) is 2. The maximum atomic E-state index is 5.47. The van der Waals surface area contributed by atoms with E-state index in [9.17, 15) is 0 Å². The molecule has 0 saturated carbocycles. The molecular weight excluding hydrogens is 328 g/mol. The van der Waals surface area contributed by atoms with E-state index in [1.54, 1.807) is 6.20 Å². The van der Waals surface area contributed by atoms with E-state index in [0.29, 0.717) is 12.4 Å². The molecule has 3 heterocycles. The predicted molar refractivity (Wildman–Crippen MR) is 99.3 cm³/mol. The number of benzene rings is 1. The summed E-state index contributed by atoms with van der Waals surface area (Å²) < 4.78 is 10.8.